The van der Waals surface area contributed by atoms with Crippen LogP contribution in [0.3, 0.4) is 0 Å². The Hall–Kier alpha value is -1.54. The Morgan fingerprint density at radius 1 is 1.13 bits per heavy atom. The second-order valence-electron chi connectivity index (χ2n) is 8.16. The van der Waals surface area contributed by atoms with Crippen LogP contribution in [0.15, 0.2) is 36.4 Å². The van der Waals surface area contributed by atoms with Crippen molar-refractivity contribution < 1.29 is 18.6 Å². The van der Waals surface area contributed by atoms with E-state index in [1.807, 2.05) is 24.3 Å². The molecule has 4 rings (SSSR count). The Morgan fingerprint density at radius 3 is 2.67 bits per heavy atom. The minimum atomic E-state index is -0.182. The number of hydrogen-bond donors (Lipinski definition) is 0. The standard InChI is InChI=1S/C24H29FINO3/c1-2-3-4-10-27-11-9-20(17-5-7-19(25)8-6-17)18(14-27)15-28-22-13-24-23(12-21(22)26)29-16-30-24/h5-8,12-13,18,20H,2-4,9-11,14-16H2,1H3/t18-,20-/m1/s1. The number of ether oxygens (including phenoxy) is 3. The topological polar surface area (TPSA) is 30.9 Å². The van der Waals surface area contributed by atoms with Gasteiger partial charge in [0.2, 0.25) is 6.79 Å². The van der Waals surface area contributed by atoms with Gasteiger partial charge < -0.3 is 19.1 Å². The largest absolute Gasteiger partial charge is 0.492 e. The van der Waals surface area contributed by atoms with Gasteiger partial charge >= 0.3 is 0 Å². The zero-order valence-electron chi connectivity index (χ0n) is 17.4. The first-order valence-corrected chi connectivity index (χ1v) is 11.9. The Morgan fingerprint density at radius 2 is 1.90 bits per heavy atom. The van der Waals surface area contributed by atoms with Crippen LogP contribution in [0.4, 0.5) is 4.39 Å². The lowest BCUT2D eigenvalue weighted by molar-refractivity contribution is 0.109. The van der Waals surface area contributed by atoms with E-state index < -0.39 is 0 Å². The molecule has 1 fully saturated rings. The summed E-state index contributed by atoms with van der Waals surface area (Å²) in [6, 6.07) is 10.9. The van der Waals surface area contributed by atoms with Crippen molar-refractivity contribution in [3.05, 3.63) is 51.3 Å². The predicted octanol–water partition coefficient (Wildman–Crippen LogP) is 5.83. The maximum absolute atomic E-state index is 13.5. The lowest BCUT2D eigenvalue weighted by atomic mass is 9.80. The molecule has 0 amide bonds. The molecule has 1 saturated heterocycles. The van der Waals surface area contributed by atoms with Crippen LogP contribution >= 0.6 is 22.6 Å². The number of piperidine rings is 1. The van der Waals surface area contributed by atoms with E-state index in [0.29, 0.717) is 18.4 Å². The van der Waals surface area contributed by atoms with Crippen molar-refractivity contribution in [1.82, 2.24) is 4.90 Å². The number of unbranched alkanes of at least 4 members (excludes halogenated alkanes) is 2. The molecule has 2 aromatic rings. The van der Waals surface area contributed by atoms with Crippen molar-refractivity contribution >= 4 is 22.6 Å². The maximum atomic E-state index is 13.5. The zero-order chi connectivity index (χ0) is 20.9. The van der Waals surface area contributed by atoms with Gasteiger partial charge in [0.1, 0.15) is 11.6 Å². The average Bonchev–Trinajstić information content (AvgIpc) is 3.20. The van der Waals surface area contributed by atoms with Crippen LogP contribution < -0.4 is 14.2 Å². The van der Waals surface area contributed by atoms with Crippen molar-refractivity contribution in [1.29, 1.82) is 0 Å². The number of fused-ring (bicyclic) bond motifs is 1. The zero-order valence-corrected chi connectivity index (χ0v) is 19.6. The molecule has 2 aromatic carbocycles. The Kier molecular flexibility index (Phi) is 7.36. The van der Waals surface area contributed by atoms with Gasteiger partial charge in [-0.3, -0.25) is 0 Å². The molecule has 0 bridgehead atoms. The average molecular weight is 525 g/mol. The summed E-state index contributed by atoms with van der Waals surface area (Å²) in [6.45, 7) is 6.36. The molecular formula is C24H29FINO3. The molecule has 2 aliphatic heterocycles. The van der Waals surface area contributed by atoms with E-state index in [9.17, 15) is 4.39 Å². The van der Waals surface area contributed by atoms with E-state index >= 15 is 0 Å². The van der Waals surface area contributed by atoms with Gasteiger partial charge in [0.15, 0.2) is 11.5 Å². The van der Waals surface area contributed by atoms with Gasteiger partial charge in [-0.05, 0) is 72.1 Å². The first-order valence-electron chi connectivity index (χ1n) is 10.8. The van der Waals surface area contributed by atoms with Crippen molar-refractivity contribution in [2.24, 2.45) is 5.92 Å². The second kappa shape index (κ2) is 10.2. The summed E-state index contributed by atoms with van der Waals surface area (Å²) in [6.07, 6.45) is 4.82. The third-order valence-electron chi connectivity index (χ3n) is 6.07. The molecule has 0 N–H and O–H groups in total. The molecule has 0 aliphatic carbocycles. The summed E-state index contributed by atoms with van der Waals surface area (Å²) in [4.78, 5) is 2.56. The molecule has 2 heterocycles. The van der Waals surface area contributed by atoms with Gasteiger partial charge in [-0.1, -0.05) is 31.9 Å². The Balaban J connectivity index is 1.47. The van der Waals surface area contributed by atoms with Crippen molar-refractivity contribution in [2.75, 3.05) is 33.0 Å². The molecule has 6 heteroatoms. The quantitative estimate of drug-likeness (QED) is 0.321. The molecular weight excluding hydrogens is 496 g/mol. The normalized spacial score (nSPS) is 21.0. The van der Waals surface area contributed by atoms with Crippen LogP contribution in [-0.2, 0) is 0 Å². The van der Waals surface area contributed by atoms with Crippen LogP contribution in [0.1, 0.15) is 44.1 Å². The monoisotopic (exact) mass is 525 g/mol. The lowest BCUT2D eigenvalue weighted by Gasteiger charge is -2.39. The van der Waals surface area contributed by atoms with E-state index in [2.05, 4.69) is 34.4 Å². The van der Waals surface area contributed by atoms with Crippen LogP contribution in [0.25, 0.3) is 0 Å². The minimum absolute atomic E-state index is 0.182. The van der Waals surface area contributed by atoms with Gasteiger partial charge in [-0.2, -0.15) is 0 Å². The molecule has 0 aromatic heterocycles. The molecule has 2 atom stereocenters. The lowest BCUT2D eigenvalue weighted by Crippen LogP contribution is -2.42. The fraction of sp³-hybridized carbons (Fsp3) is 0.500. The minimum Gasteiger partial charge on any atom is -0.492 e. The highest BCUT2D eigenvalue weighted by Crippen LogP contribution is 2.40. The van der Waals surface area contributed by atoms with Crippen LogP contribution in [0.5, 0.6) is 17.2 Å². The highest BCUT2D eigenvalue weighted by atomic mass is 127. The molecule has 30 heavy (non-hydrogen) atoms. The summed E-state index contributed by atoms with van der Waals surface area (Å²) >= 11 is 2.28. The molecule has 4 nitrogen and oxygen atoms in total. The third kappa shape index (κ3) is 5.19. The molecule has 2 aliphatic rings. The fourth-order valence-corrected chi connectivity index (χ4v) is 5.01. The first kappa shape index (κ1) is 21.7. The third-order valence-corrected chi connectivity index (χ3v) is 6.92. The number of likely N-dealkylation sites (tertiary alicyclic amines) is 1. The first-order chi connectivity index (χ1) is 14.6. The number of rotatable bonds is 8. The smallest absolute Gasteiger partial charge is 0.231 e. The maximum Gasteiger partial charge on any atom is 0.231 e. The van der Waals surface area contributed by atoms with Gasteiger partial charge in [-0.25, -0.2) is 4.39 Å². The number of hydrogen-bond acceptors (Lipinski definition) is 4. The summed E-state index contributed by atoms with van der Waals surface area (Å²) in [5.41, 5.74) is 1.21. The molecule has 0 unspecified atom stereocenters. The second-order valence-corrected chi connectivity index (χ2v) is 9.32. The SMILES string of the molecule is CCCCCN1CC[C@H](c2ccc(F)cc2)[C@@H](COc2cc3c(cc2I)OCO3)C1. The van der Waals surface area contributed by atoms with Crippen molar-refractivity contribution in [3.63, 3.8) is 0 Å². The highest BCUT2D eigenvalue weighted by molar-refractivity contribution is 14.1. The fourth-order valence-electron chi connectivity index (χ4n) is 4.42. The van der Waals surface area contributed by atoms with E-state index in [4.69, 9.17) is 14.2 Å². The van der Waals surface area contributed by atoms with Crippen molar-refractivity contribution in [2.45, 2.75) is 38.5 Å². The van der Waals surface area contributed by atoms with Crippen molar-refractivity contribution in [3.8, 4) is 17.2 Å². The summed E-state index contributed by atoms with van der Waals surface area (Å²) < 4.78 is 31.7. The highest BCUT2D eigenvalue weighted by Gasteiger charge is 2.31. The summed E-state index contributed by atoms with van der Waals surface area (Å²) in [7, 11) is 0. The summed E-state index contributed by atoms with van der Waals surface area (Å²) in [5.74, 6) is 2.90. The summed E-state index contributed by atoms with van der Waals surface area (Å²) in [5, 5.41) is 0. The Labute approximate surface area is 191 Å². The molecule has 0 spiro atoms. The number of halogens is 2. The van der Waals surface area contributed by atoms with Crippen LogP contribution in [0.2, 0.25) is 0 Å². The molecule has 0 radical (unpaired) electrons. The van der Waals surface area contributed by atoms with Crippen LogP contribution in [0, 0.1) is 15.3 Å². The number of nitrogens with zero attached hydrogens (tertiary/aromatic N) is 1. The van der Waals surface area contributed by atoms with E-state index in [0.717, 1.165) is 46.9 Å². The van der Waals surface area contributed by atoms with E-state index in [-0.39, 0.29) is 12.6 Å². The number of benzene rings is 2. The predicted molar refractivity (Wildman–Crippen MR) is 124 cm³/mol. The molecule has 0 saturated carbocycles. The van der Waals surface area contributed by atoms with Gasteiger partial charge in [0.25, 0.3) is 0 Å². The Bertz CT molecular complexity index is 845. The van der Waals surface area contributed by atoms with Gasteiger partial charge in [0.05, 0.1) is 10.2 Å². The van der Waals surface area contributed by atoms with Gasteiger partial charge in [0, 0.05) is 24.6 Å². The van der Waals surface area contributed by atoms with Crippen LogP contribution in [-0.4, -0.2) is 37.9 Å². The van der Waals surface area contributed by atoms with E-state index in [1.165, 1.54) is 24.8 Å². The van der Waals surface area contributed by atoms with Gasteiger partial charge in [-0.15, -0.1) is 0 Å². The molecule has 162 valence electrons. The van der Waals surface area contributed by atoms with E-state index in [1.54, 1.807) is 12.1 Å².